The second-order valence-corrected chi connectivity index (χ2v) is 14.8. The molecule has 0 heterocycles. The van der Waals surface area contributed by atoms with Crippen LogP contribution in [0.15, 0.2) is 0 Å². The van der Waals surface area contributed by atoms with E-state index in [1.807, 2.05) is 0 Å². The van der Waals surface area contributed by atoms with Gasteiger partial charge in [-0.2, -0.15) is 0 Å². The van der Waals surface area contributed by atoms with Gasteiger partial charge in [0.1, 0.15) is 0 Å². The quantitative estimate of drug-likeness (QED) is 0.286. The molecular formula is C32H60N2O. The zero-order valence-corrected chi connectivity index (χ0v) is 24.0. The average molecular weight is 489 g/mol. The van der Waals surface area contributed by atoms with Crippen molar-refractivity contribution < 1.29 is 5.11 Å². The molecular weight excluding hydrogens is 428 g/mol. The molecule has 4 rings (SSSR count). The van der Waals surface area contributed by atoms with Gasteiger partial charge in [0.15, 0.2) is 0 Å². The van der Waals surface area contributed by atoms with Crippen LogP contribution in [0.5, 0.6) is 0 Å². The van der Waals surface area contributed by atoms with Crippen LogP contribution >= 0.6 is 0 Å². The van der Waals surface area contributed by atoms with Crippen molar-refractivity contribution in [2.24, 2.45) is 69.6 Å². The molecule has 0 spiro atoms. The monoisotopic (exact) mass is 488 g/mol. The number of unbranched alkanes of at least 4 members (excludes halogenated alkanes) is 1. The number of hydrogen-bond acceptors (Lipinski definition) is 3. The Bertz CT molecular complexity index is 680. The minimum Gasteiger partial charge on any atom is -0.393 e. The summed E-state index contributed by atoms with van der Waals surface area (Å²) in [5.74, 6) is 5.83. The molecule has 4 aliphatic carbocycles. The Kier molecular flexibility index (Phi) is 9.03. The highest BCUT2D eigenvalue weighted by atomic mass is 16.3. The molecule has 4 saturated carbocycles. The average Bonchev–Trinajstić information content (AvgIpc) is 3.16. The zero-order chi connectivity index (χ0) is 25.4. The van der Waals surface area contributed by atoms with Gasteiger partial charge < -0.3 is 16.6 Å². The molecule has 0 aliphatic heterocycles. The van der Waals surface area contributed by atoms with Crippen molar-refractivity contribution >= 4 is 0 Å². The summed E-state index contributed by atoms with van der Waals surface area (Å²) >= 11 is 0. The molecule has 35 heavy (non-hydrogen) atoms. The van der Waals surface area contributed by atoms with E-state index in [0.29, 0.717) is 34.6 Å². The maximum atomic E-state index is 11.7. The number of aliphatic hydroxyl groups is 1. The van der Waals surface area contributed by atoms with Crippen molar-refractivity contribution in [3.63, 3.8) is 0 Å². The van der Waals surface area contributed by atoms with Crippen LogP contribution in [-0.2, 0) is 0 Å². The maximum absolute atomic E-state index is 11.7. The standard InChI is InChI=1S/C32H60N2O/c1-21(2)9-8-10-22(3)25-12-13-26-30-27(15-17-32(25,26)5)31(4)16-14-23(19-24(31)20-29(30)35)28(34)11-6-7-18-33/h21-30,35H,6-20,33-34H2,1-5H3/t22-,23+,24-,25-,26+,27+,28?,29-,30+,31+,32-/m1/s1. The number of fused-ring (bicyclic) bond motifs is 5. The van der Waals surface area contributed by atoms with E-state index in [4.69, 9.17) is 11.5 Å². The fourth-order valence-electron chi connectivity index (χ4n) is 10.4. The Hall–Kier alpha value is -0.120. The minimum atomic E-state index is -0.0927. The fraction of sp³-hybridized carbons (Fsp3) is 1.00. The third-order valence-corrected chi connectivity index (χ3v) is 12.5. The van der Waals surface area contributed by atoms with E-state index in [1.165, 1.54) is 70.6 Å². The molecule has 0 aromatic heterocycles. The van der Waals surface area contributed by atoms with E-state index in [-0.39, 0.29) is 6.10 Å². The Morgan fingerprint density at radius 2 is 1.54 bits per heavy atom. The summed E-state index contributed by atoms with van der Waals surface area (Å²) in [6, 6.07) is 0.323. The highest BCUT2D eigenvalue weighted by molar-refractivity contribution is 5.12. The molecule has 3 nitrogen and oxygen atoms in total. The molecule has 4 fully saturated rings. The SMILES string of the molecule is CC(C)CCC[C@@H](C)[C@H]1CC[C@H]2[C@@H]3[C@H](O)C[C@H]4C[C@@H](C(N)CCCCN)CC[C@]4(C)[C@H]3CC[C@]12C. The zero-order valence-electron chi connectivity index (χ0n) is 24.0. The largest absolute Gasteiger partial charge is 0.393 e. The van der Waals surface area contributed by atoms with Crippen LogP contribution in [0.2, 0.25) is 0 Å². The Morgan fingerprint density at radius 1 is 0.829 bits per heavy atom. The van der Waals surface area contributed by atoms with Crippen molar-refractivity contribution in [3.8, 4) is 0 Å². The second kappa shape index (κ2) is 11.3. The molecule has 4 aliphatic rings. The molecule has 0 amide bonds. The molecule has 204 valence electrons. The fourth-order valence-corrected chi connectivity index (χ4v) is 10.4. The number of aliphatic hydroxyl groups excluding tert-OH is 1. The van der Waals surface area contributed by atoms with Gasteiger partial charge in [0.05, 0.1) is 6.10 Å². The topological polar surface area (TPSA) is 72.3 Å². The lowest BCUT2D eigenvalue weighted by atomic mass is 9.43. The highest BCUT2D eigenvalue weighted by Crippen LogP contribution is 2.68. The Morgan fingerprint density at radius 3 is 2.26 bits per heavy atom. The summed E-state index contributed by atoms with van der Waals surface area (Å²) in [4.78, 5) is 0. The number of rotatable bonds is 10. The van der Waals surface area contributed by atoms with Gasteiger partial charge in [-0.1, -0.05) is 60.3 Å². The molecule has 3 heteroatoms. The van der Waals surface area contributed by atoms with E-state index in [9.17, 15) is 5.11 Å². The summed E-state index contributed by atoms with van der Waals surface area (Å²) in [5.41, 5.74) is 13.3. The predicted molar refractivity (Wildman–Crippen MR) is 149 cm³/mol. The van der Waals surface area contributed by atoms with Gasteiger partial charge in [0.25, 0.3) is 0 Å². The molecule has 0 radical (unpaired) electrons. The van der Waals surface area contributed by atoms with Crippen LogP contribution in [0, 0.1) is 58.2 Å². The van der Waals surface area contributed by atoms with Crippen molar-refractivity contribution in [1.82, 2.24) is 0 Å². The van der Waals surface area contributed by atoms with Crippen LogP contribution in [0.4, 0.5) is 0 Å². The molecule has 0 aromatic carbocycles. The van der Waals surface area contributed by atoms with E-state index in [0.717, 1.165) is 55.4 Å². The second-order valence-electron chi connectivity index (χ2n) is 14.8. The first-order valence-electron chi connectivity index (χ1n) is 15.8. The van der Waals surface area contributed by atoms with Crippen LogP contribution in [0.1, 0.15) is 125 Å². The first-order chi connectivity index (χ1) is 16.6. The van der Waals surface area contributed by atoms with Crippen molar-refractivity contribution in [2.75, 3.05) is 6.54 Å². The number of hydrogen-bond donors (Lipinski definition) is 3. The van der Waals surface area contributed by atoms with Gasteiger partial charge >= 0.3 is 0 Å². The van der Waals surface area contributed by atoms with Crippen molar-refractivity contribution in [1.29, 1.82) is 0 Å². The molecule has 0 bridgehead atoms. The van der Waals surface area contributed by atoms with Crippen molar-refractivity contribution in [3.05, 3.63) is 0 Å². The molecule has 11 atom stereocenters. The predicted octanol–water partition coefficient (Wildman–Crippen LogP) is 7.15. The Balaban J connectivity index is 1.43. The van der Waals surface area contributed by atoms with E-state index in [2.05, 4.69) is 34.6 Å². The van der Waals surface area contributed by atoms with Gasteiger partial charge in [0.2, 0.25) is 0 Å². The maximum Gasteiger partial charge on any atom is 0.0577 e. The summed E-state index contributed by atoms with van der Waals surface area (Å²) < 4.78 is 0. The van der Waals surface area contributed by atoms with Gasteiger partial charge in [-0.3, -0.25) is 0 Å². The van der Waals surface area contributed by atoms with Gasteiger partial charge in [-0.15, -0.1) is 0 Å². The number of nitrogens with two attached hydrogens (primary N) is 2. The third-order valence-electron chi connectivity index (χ3n) is 12.5. The summed E-state index contributed by atoms with van der Waals surface area (Å²) in [5, 5.41) is 11.7. The van der Waals surface area contributed by atoms with E-state index < -0.39 is 0 Å². The molecule has 0 saturated heterocycles. The van der Waals surface area contributed by atoms with E-state index in [1.54, 1.807) is 0 Å². The van der Waals surface area contributed by atoms with Crippen LogP contribution in [-0.4, -0.2) is 23.8 Å². The normalized spacial score (nSPS) is 45.0. The van der Waals surface area contributed by atoms with Crippen LogP contribution in [0.25, 0.3) is 0 Å². The lowest BCUT2D eigenvalue weighted by molar-refractivity contribution is -0.170. The summed E-state index contributed by atoms with van der Waals surface area (Å²) in [6.07, 6.45) is 17.9. The minimum absolute atomic E-state index is 0.0927. The third kappa shape index (κ3) is 5.40. The molecule has 5 N–H and O–H groups in total. The first-order valence-corrected chi connectivity index (χ1v) is 15.8. The first kappa shape index (κ1) is 27.9. The smallest absolute Gasteiger partial charge is 0.0577 e. The van der Waals surface area contributed by atoms with Gasteiger partial charge in [0, 0.05) is 6.04 Å². The van der Waals surface area contributed by atoms with Gasteiger partial charge in [-0.25, -0.2) is 0 Å². The molecule has 1 unspecified atom stereocenters. The summed E-state index contributed by atoms with van der Waals surface area (Å²) in [7, 11) is 0. The van der Waals surface area contributed by atoms with Crippen LogP contribution < -0.4 is 11.5 Å². The lowest BCUT2D eigenvalue weighted by Gasteiger charge is -2.63. The van der Waals surface area contributed by atoms with Gasteiger partial charge in [-0.05, 0) is 129 Å². The van der Waals surface area contributed by atoms with E-state index >= 15 is 0 Å². The summed E-state index contributed by atoms with van der Waals surface area (Å²) in [6.45, 7) is 13.3. The van der Waals surface area contributed by atoms with Crippen LogP contribution in [0.3, 0.4) is 0 Å². The Labute approximate surface area is 218 Å². The van der Waals surface area contributed by atoms with Crippen molar-refractivity contribution in [2.45, 2.75) is 137 Å². The highest BCUT2D eigenvalue weighted by Gasteiger charge is 2.62. The molecule has 0 aromatic rings. The lowest BCUT2D eigenvalue weighted by Crippen LogP contribution is -2.59.